The highest BCUT2D eigenvalue weighted by Gasteiger charge is 2.31. The van der Waals surface area contributed by atoms with Crippen LogP contribution in [0.1, 0.15) is 61.5 Å². The highest BCUT2D eigenvalue weighted by molar-refractivity contribution is 8.00. The molecule has 3 aromatic rings. The van der Waals surface area contributed by atoms with Crippen molar-refractivity contribution in [3.63, 3.8) is 0 Å². The third kappa shape index (κ3) is 8.04. The van der Waals surface area contributed by atoms with Crippen molar-refractivity contribution in [2.45, 2.75) is 75.2 Å². The van der Waals surface area contributed by atoms with Crippen LogP contribution in [-0.2, 0) is 32.7 Å². The quantitative estimate of drug-likeness (QED) is 0.207. The average Bonchev–Trinajstić information content (AvgIpc) is 3.43. The Morgan fingerprint density at radius 2 is 1.83 bits per heavy atom. The van der Waals surface area contributed by atoms with Gasteiger partial charge >= 0.3 is 11.5 Å². The molecular weight excluding hydrogens is 597 g/mol. The number of halogens is 4. The normalized spacial score (nSPS) is 14.9. The molecule has 222 valence electrons. The number of likely N-dealkylation sites (tertiary alicyclic amines) is 1. The number of piperidine rings is 1. The minimum absolute atomic E-state index is 0.0469. The Hall–Kier alpha value is -2.57. The summed E-state index contributed by atoms with van der Waals surface area (Å²) in [6.07, 6.45) is 1.43. The average molecular weight is 629 g/mol. The van der Waals surface area contributed by atoms with E-state index in [1.807, 2.05) is 33.8 Å². The number of carbonyl (C=O) groups is 2. The molecule has 2 aromatic heterocycles. The number of nitrogens with zero attached hydrogens (tertiary/aromatic N) is 4. The summed E-state index contributed by atoms with van der Waals surface area (Å²) in [6.45, 7) is 8.84. The van der Waals surface area contributed by atoms with E-state index in [9.17, 15) is 22.8 Å². The van der Waals surface area contributed by atoms with Gasteiger partial charge in [-0.05, 0) is 66.8 Å². The Labute approximate surface area is 250 Å². The number of rotatable bonds is 7. The lowest BCUT2D eigenvalue weighted by Gasteiger charge is -2.31. The summed E-state index contributed by atoms with van der Waals surface area (Å²) in [5.74, 6) is -0.370. The number of aromatic nitrogens is 3. The second-order valence-corrected chi connectivity index (χ2v) is 13.8. The van der Waals surface area contributed by atoms with Crippen molar-refractivity contribution in [2.75, 3.05) is 20.2 Å². The number of hydrogen-bond donors (Lipinski definition) is 0. The maximum Gasteiger partial charge on any atom is 0.446 e. The second kappa shape index (κ2) is 12.3. The van der Waals surface area contributed by atoms with E-state index in [-0.39, 0.29) is 46.9 Å². The van der Waals surface area contributed by atoms with E-state index in [1.165, 1.54) is 24.5 Å². The predicted octanol–water partition coefficient (Wildman–Crippen LogP) is 7.00. The van der Waals surface area contributed by atoms with E-state index in [1.54, 1.807) is 21.7 Å². The molecule has 0 aliphatic carbocycles. The van der Waals surface area contributed by atoms with Crippen molar-refractivity contribution in [2.24, 2.45) is 0 Å². The highest BCUT2D eigenvalue weighted by Crippen LogP contribution is 2.43. The number of esters is 1. The maximum atomic E-state index is 13.2. The zero-order valence-corrected chi connectivity index (χ0v) is 25.9. The Morgan fingerprint density at radius 3 is 2.44 bits per heavy atom. The lowest BCUT2D eigenvalue weighted by atomic mass is 9.86. The number of thioether (sulfide) groups is 1. The monoisotopic (exact) mass is 628 g/mol. The van der Waals surface area contributed by atoms with Gasteiger partial charge in [-0.25, -0.2) is 4.98 Å². The first kappa shape index (κ1) is 31.4. The van der Waals surface area contributed by atoms with Crippen molar-refractivity contribution in [1.82, 2.24) is 19.7 Å². The number of benzene rings is 1. The summed E-state index contributed by atoms with van der Waals surface area (Å²) in [7, 11) is 1.32. The first-order valence-corrected chi connectivity index (χ1v) is 15.1. The van der Waals surface area contributed by atoms with E-state index < -0.39 is 11.5 Å². The van der Waals surface area contributed by atoms with Crippen LogP contribution in [0.15, 0.2) is 29.2 Å². The Balaban J connectivity index is 1.45. The number of hydrogen-bond acceptors (Lipinski definition) is 7. The van der Waals surface area contributed by atoms with Crippen LogP contribution >= 0.6 is 34.7 Å². The summed E-state index contributed by atoms with van der Waals surface area (Å²) in [5, 5.41) is 5.18. The van der Waals surface area contributed by atoms with E-state index in [0.717, 1.165) is 16.3 Å². The Bertz CT molecular complexity index is 1420. The molecule has 0 atom stereocenters. The van der Waals surface area contributed by atoms with Gasteiger partial charge in [-0.1, -0.05) is 32.4 Å². The van der Waals surface area contributed by atoms with E-state index in [4.69, 9.17) is 16.6 Å². The van der Waals surface area contributed by atoms with E-state index >= 15 is 0 Å². The summed E-state index contributed by atoms with van der Waals surface area (Å²) in [6, 6.07) is 6.69. The summed E-state index contributed by atoms with van der Waals surface area (Å²) >= 11 is 7.80. The van der Waals surface area contributed by atoms with Crippen LogP contribution < -0.4 is 0 Å². The van der Waals surface area contributed by atoms with Crippen LogP contribution in [-0.4, -0.2) is 57.2 Å². The van der Waals surface area contributed by atoms with Crippen molar-refractivity contribution in [1.29, 1.82) is 0 Å². The summed E-state index contributed by atoms with van der Waals surface area (Å²) < 4.78 is 46.3. The van der Waals surface area contributed by atoms with Crippen LogP contribution in [0.25, 0.3) is 11.3 Å². The Morgan fingerprint density at radius 1 is 1.15 bits per heavy atom. The zero-order valence-electron chi connectivity index (χ0n) is 23.5. The molecule has 4 rings (SSSR count). The SMILES string of the molecule is COC(=O)Cc1cc(C)n(CC(=O)N2CCC(c3nc(-c4cc(SC(F)(F)F)cc(C(C)(C)C)c4)c(Cl)s3)CC2)n1. The molecule has 7 nitrogen and oxygen atoms in total. The highest BCUT2D eigenvalue weighted by atomic mass is 35.5. The van der Waals surface area contributed by atoms with Crippen LogP contribution in [0.4, 0.5) is 13.2 Å². The van der Waals surface area contributed by atoms with Gasteiger partial charge < -0.3 is 9.64 Å². The third-order valence-electron chi connectivity index (χ3n) is 6.95. The number of carbonyl (C=O) groups excluding carboxylic acids is 2. The first-order valence-electron chi connectivity index (χ1n) is 13.1. The van der Waals surface area contributed by atoms with Crippen molar-refractivity contribution in [3.05, 3.63) is 50.6 Å². The number of ether oxygens (including phenoxy) is 1. The number of alkyl halides is 3. The molecule has 0 unspecified atom stereocenters. The molecule has 1 aliphatic heterocycles. The van der Waals surface area contributed by atoms with Gasteiger partial charge in [-0.15, -0.1) is 11.3 Å². The minimum Gasteiger partial charge on any atom is -0.469 e. The fourth-order valence-corrected chi connectivity index (χ4v) is 6.69. The molecule has 0 radical (unpaired) electrons. The fourth-order valence-electron chi connectivity index (χ4n) is 4.68. The van der Waals surface area contributed by atoms with Gasteiger partial charge in [0.15, 0.2) is 0 Å². The fraction of sp³-hybridized carbons (Fsp3) is 0.500. The number of thiazole rings is 1. The molecule has 1 amide bonds. The smallest absolute Gasteiger partial charge is 0.446 e. The molecule has 0 N–H and O–H groups in total. The summed E-state index contributed by atoms with van der Waals surface area (Å²) in [5.41, 5.74) is -1.62. The molecule has 41 heavy (non-hydrogen) atoms. The van der Waals surface area contributed by atoms with E-state index in [2.05, 4.69) is 9.84 Å². The van der Waals surface area contributed by atoms with Gasteiger partial charge in [0.2, 0.25) is 5.91 Å². The number of methoxy groups -OCH3 is 1. The lowest BCUT2D eigenvalue weighted by Crippen LogP contribution is -2.40. The summed E-state index contributed by atoms with van der Waals surface area (Å²) in [4.78, 5) is 31.2. The van der Waals surface area contributed by atoms with Crippen LogP contribution in [0, 0.1) is 6.92 Å². The molecule has 1 fully saturated rings. The van der Waals surface area contributed by atoms with Gasteiger partial charge in [-0.2, -0.15) is 18.3 Å². The molecule has 0 spiro atoms. The Kier molecular flexibility index (Phi) is 9.45. The largest absolute Gasteiger partial charge is 0.469 e. The molecule has 3 heterocycles. The van der Waals surface area contributed by atoms with Crippen molar-refractivity contribution < 1.29 is 27.5 Å². The van der Waals surface area contributed by atoms with Crippen LogP contribution in [0.2, 0.25) is 4.34 Å². The van der Waals surface area contributed by atoms with Crippen LogP contribution in [0.3, 0.4) is 0 Å². The maximum absolute atomic E-state index is 13.2. The molecule has 13 heteroatoms. The molecular formula is C28H32ClF3N4O3S2. The molecule has 0 saturated carbocycles. The molecule has 1 aliphatic rings. The van der Waals surface area contributed by atoms with Crippen LogP contribution in [0.5, 0.6) is 0 Å². The minimum atomic E-state index is -4.41. The van der Waals surface area contributed by atoms with Gasteiger partial charge in [0.25, 0.3) is 0 Å². The second-order valence-electron chi connectivity index (χ2n) is 11.1. The molecule has 1 saturated heterocycles. The topological polar surface area (TPSA) is 77.3 Å². The molecule has 0 bridgehead atoms. The van der Waals surface area contributed by atoms with Crippen molar-refractivity contribution in [3.8, 4) is 11.3 Å². The number of amides is 1. The van der Waals surface area contributed by atoms with Gasteiger partial charge in [0.05, 0.1) is 24.2 Å². The van der Waals surface area contributed by atoms with Gasteiger partial charge in [0.1, 0.15) is 16.6 Å². The third-order valence-corrected chi connectivity index (χ3v) is 9.07. The van der Waals surface area contributed by atoms with E-state index in [0.29, 0.717) is 47.2 Å². The van der Waals surface area contributed by atoms with Crippen molar-refractivity contribution >= 4 is 46.6 Å². The van der Waals surface area contributed by atoms with Gasteiger partial charge in [0, 0.05) is 35.2 Å². The standard InChI is InChI=1S/C28H32ClF3N4O3S2/c1-16-10-20(14-23(38)39-5)34-36(16)15-22(37)35-8-6-17(7-9-35)26-33-24(25(29)40-26)18-11-19(27(2,3)4)13-21(12-18)41-28(30,31)32/h10-13,17H,6-9,14-15H2,1-5H3. The number of aryl methyl sites for hydroxylation is 1. The predicted molar refractivity (Wildman–Crippen MR) is 154 cm³/mol. The lowest BCUT2D eigenvalue weighted by molar-refractivity contribution is -0.139. The molecule has 1 aromatic carbocycles. The zero-order chi connectivity index (χ0) is 30.1. The first-order chi connectivity index (χ1) is 19.1. The van der Waals surface area contributed by atoms with Gasteiger partial charge in [-0.3, -0.25) is 14.3 Å².